The fourth-order valence-corrected chi connectivity index (χ4v) is 7.56. The Morgan fingerprint density at radius 1 is 1.07 bits per heavy atom. The highest BCUT2D eigenvalue weighted by molar-refractivity contribution is 7.92. The normalized spacial score (nSPS) is 23.1. The van der Waals surface area contributed by atoms with Crippen LogP contribution in [0.4, 0.5) is 0 Å². The molecule has 1 aromatic heterocycles. The first-order valence-electron chi connectivity index (χ1n) is 14.9. The van der Waals surface area contributed by atoms with Gasteiger partial charge in [-0.1, -0.05) is 47.5 Å². The molecule has 11 heteroatoms. The number of hydrogen-bond acceptors (Lipinski definition) is 7. The summed E-state index contributed by atoms with van der Waals surface area (Å²) in [6, 6.07) is 16.5. The van der Waals surface area contributed by atoms with Gasteiger partial charge in [-0.25, -0.2) is 13.2 Å². The Labute approximate surface area is 274 Å². The number of pyridine rings is 1. The fourth-order valence-electron chi connectivity index (χ4n) is 5.86. The Kier molecular flexibility index (Phi) is 9.40. The summed E-state index contributed by atoms with van der Waals surface area (Å²) in [7, 11) is -2.33. The van der Waals surface area contributed by atoms with E-state index in [-0.39, 0.29) is 29.6 Å². The number of hydrogen-bond donors (Lipinski definition) is 0. The van der Waals surface area contributed by atoms with Gasteiger partial charge in [0, 0.05) is 34.4 Å². The SMILES string of the molecule is COC(=O)c1ccc(C[C@]2(C)O[C@H](c3cccc(Cl)c3)[C@@H](c3ccc(Cl)cc3)N(C(CS(=O)(=O)C(C)(C)C)C3CC3)C2=O)nc1. The van der Waals surface area contributed by atoms with Gasteiger partial charge in [-0.15, -0.1) is 0 Å². The van der Waals surface area contributed by atoms with Crippen LogP contribution in [0, 0.1) is 5.92 Å². The lowest BCUT2D eigenvalue weighted by Gasteiger charge is -2.52. The van der Waals surface area contributed by atoms with Gasteiger partial charge in [0.15, 0.2) is 15.4 Å². The lowest BCUT2D eigenvalue weighted by atomic mass is 9.85. The van der Waals surface area contributed by atoms with Crippen LogP contribution in [0.2, 0.25) is 10.0 Å². The zero-order valence-electron chi connectivity index (χ0n) is 26.0. The molecule has 1 amide bonds. The predicted octanol–water partition coefficient (Wildman–Crippen LogP) is 6.81. The Morgan fingerprint density at radius 3 is 2.31 bits per heavy atom. The summed E-state index contributed by atoms with van der Waals surface area (Å²) in [6.07, 6.45) is 2.41. The topological polar surface area (TPSA) is 103 Å². The van der Waals surface area contributed by atoms with E-state index in [0.717, 1.165) is 24.0 Å². The Balaban J connectivity index is 1.67. The van der Waals surface area contributed by atoms with E-state index in [1.807, 2.05) is 30.3 Å². The van der Waals surface area contributed by atoms with E-state index >= 15 is 0 Å². The molecule has 0 radical (unpaired) electrons. The summed E-state index contributed by atoms with van der Waals surface area (Å²) < 4.78 is 38.1. The highest BCUT2D eigenvalue weighted by Crippen LogP contribution is 2.50. The molecule has 0 bridgehead atoms. The smallest absolute Gasteiger partial charge is 0.339 e. The van der Waals surface area contributed by atoms with Gasteiger partial charge in [-0.2, -0.15) is 0 Å². The van der Waals surface area contributed by atoms with Gasteiger partial charge in [-0.3, -0.25) is 9.78 Å². The molecule has 3 aromatic rings. The number of nitrogens with zero attached hydrogens (tertiary/aromatic N) is 2. The minimum atomic E-state index is -3.62. The number of halogens is 2. The van der Waals surface area contributed by atoms with Crippen molar-refractivity contribution in [3.05, 3.63) is 99.3 Å². The number of benzene rings is 2. The first-order valence-corrected chi connectivity index (χ1v) is 17.3. The molecule has 1 aliphatic heterocycles. The maximum atomic E-state index is 14.9. The second-order valence-electron chi connectivity index (χ2n) is 13.0. The minimum absolute atomic E-state index is 0.0145. The highest BCUT2D eigenvalue weighted by atomic mass is 35.5. The zero-order chi connectivity index (χ0) is 32.7. The van der Waals surface area contributed by atoms with Gasteiger partial charge in [0.05, 0.1) is 29.2 Å². The lowest BCUT2D eigenvalue weighted by Crippen LogP contribution is -2.62. The summed E-state index contributed by atoms with van der Waals surface area (Å²) in [5.74, 6) is -1.02. The molecule has 1 unspecified atom stereocenters. The zero-order valence-corrected chi connectivity index (χ0v) is 28.3. The van der Waals surface area contributed by atoms with E-state index in [4.69, 9.17) is 32.7 Å². The maximum Gasteiger partial charge on any atom is 0.339 e. The number of carbonyl (C=O) groups excluding carboxylic acids is 2. The quantitative estimate of drug-likeness (QED) is 0.230. The molecule has 240 valence electrons. The molecule has 8 nitrogen and oxygen atoms in total. The fraction of sp³-hybridized carbons (Fsp3) is 0.441. The molecule has 45 heavy (non-hydrogen) atoms. The average Bonchev–Trinajstić information content (AvgIpc) is 3.83. The third kappa shape index (κ3) is 7.07. The molecule has 2 aromatic carbocycles. The molecule has 0 spiro atoms. The first kappa shape index (κ1) is 33.4. The van der Waals surface area contributed by atoms with Crippen LogP contribution in [0.1, 0.15) is 79.9 Å². The van der Waals surface area contributed by atoms with Crippen molar-refractivity contribution >= 4 is 44.9 Å². The monoisotopic (exact) mass is 672 g/mol. The second kappa shape index (κ2) is 12.7. The third-order valence-electron chi connectivity index (χ3n) is 8.66. The molecule has 1 saturated heterocycles. The number of sulfone groups is 1. The number of methoxy groups -OCH3 is 1. The van der Waals surface area contributed by atoms with E-state index < -0.39 is 44.3 Å². The minimum Gasteiger partial charge on any atom is -0.465 e. The molecule has 1 saturated carbocycles. The number of rotatable bonds is 9. The Hall–Kier alpha value is -2.98. The van der Waals surface area contributed by atoms with E-state index in [0.29, 0.717) is 15.7 Å². The molecular formula is C34H38Cl2N2O6S. The Morgan fingerprint density at radius 2 is 1.76 bits per heavy atom. The maximum absolute atomic E-state index is 14.9. The third-order valence-corrected chi connectivity index (χ3v) is 11.8. The van der Waals surface area contributed by atoms with Crippen molar-refractivity contribution in [1.82, 2.24) is 9.88 Å². The van der Waals surface area contributed by atoms with Gasteiger partial charge in [-0.05, 0) is 94.0 Å². The highest BCUT2D eigenvalue weighted by Gasteiger charge is 2.56. The largest absolute Gasteiger partial charge is 0.465 e. The standard InChI is InChI=1S/C34H38Cl2N2O6S/c1-33(2,3)45(41,42)20-28(21-9-10-21)38-29(22-11-14-25(35)15-12-22)30(23-7-6-8-26(36)17-23)44-34(4,32(38)40)18-27-16-13-24(19-37-27)31(39)43-5/h6-8,11-17,19,21,28-30H,9-10,18,20H2,1-5H3/t28?,29-,30-,34+/m1/s1. The Bertz CT molecular complexity index is 1670. The van der Waals surface area contributed by atoms with Gasteiger partial charge in [0.25, 0.3) is 5.91 Å². The molecular weight excluding hydrogens is 635 g/mol. The van der Waals surface area contributed by atoms with Crippen molar-refractivity contribution in [2.45, 2.75) is 75.5 Å². The first-order chi connectivity index (χ1) is 21.1. The van der Waals surface area contributed by atoms with Crippen LogP contribution in [0.25, 0.3) is 0 Å². The van der Waals surface area contributed by atoms with Crippen molar-refractivity contribution in [2.24, 2.45) is 5.92 Å². The molecule has 0 N–H and O–H groups in total. The number of aromatic nitrogens is 1. The summed E-state index contributed by atoms with van der Waals surface area (Å²) >= 11 is 12.8. The van der Waals surface area contributed by atoms with E-state index in [1.165, 1.54) is 13.3 Å². The van der Waals surface area contributed by atoms with Crippen molar-refractivity contribution in [1.29, 1.82) is 0 Å². The van der Waals surface area contributed by atoms with Crippen molar-refractivity contribution in [3.63, 3.8) is 0 Å². The van der Waals surface area contributed by atoms with E-state index in [1.54, 1.807) is 62.9 Å². The van der Waals surface area contributed by atoms with Crippen LogP contribution in [-0.2, 0) is 30.5 Å². The summed E-state index contributed by atoms with van der Waals surface area (Å²) in [6.45, 7) is 6.78. The summed E-state index contributed by atoms with van der Waals surface area (Å²) in [5.41, 5.74) is 0.879. The molecule has 4 atom stereocenters. The second-order valence-corrected chi connectivity index (χ2v) is 16.7. The number of carbonyl (C=O) groups is 2. The lowest BCUT2D eigenvalue weighted by molar-refractivity contribution is -0.202. The molecule has 2 heterocycles. The van der Waals surface area contributed by atoms with Gasteiger partial charge in [0.2, 0.25) is 0 Å². The number of ether oxygens (including phenoxy) is 2. The van der Waals surface area contributed by atoms with Crippen LogP contribution in [0.3, 0.4) is 0 Å². The number of amides is 1. The molecule has 1 aliphatic carbocycles. The van der Waals surface area contributed by atoms with Crippen molar-refractivity contribution in [3.8, 4) is 0 Å². The van der Waals surface area contributed by atoms with Crippen molar-refractivity contribution in [2.75, 3.05) is 12.9 Å². The number of esters is 1. The number of morpholine rings is 1. The summed E-state index contributed by atoms with van der Waals surface area (Å²) in [4.78, 5) is 33.1. The molecule has 2 aliphatic rings. The van der Waals surface area contributed by atoms with Crippen LogP contribution in [0.15, 0.2) is 66.9 Å². The predicted molar refractivity (Wildman–Crippen MR) is 174 cm³/mol. The summed E-state index contributed by atoms with van der Waals surface area (Å²) in [5, 5.41) is 1.04. The molecule has 5 rings (SSSR count). The van der Waals surface area contributed by atoms with E-state index in [2.05, 4.69) is 4.98 Å². The average molecular weight is 674 g/mol. The molecule has 2 fully saturated rings. The van der Waals surface area contributed by atoms with Crippen molar-refractivity contribution < 1.29 is 27.5 Å². The van der Waals surface area contributed by atoms with E-state index in [9.17, 15) is 18.0 Å². The van der Waals surface area contributed by atoms with Gasteiger partial charge in [0.1, 0.15) is 6.10 Å². The van der Waals surface area contributed by atoms with Gasteiger partial charge >= 0.3 is 5.97 Å². The van der Waals surface area contributed by atoms with Crippen LogP contribution in [-0.4, -0.2) is 59.4 Å². The van der Waals surface area contributed by atoms with Crippen LogP contribution >= 0.6 is 23.2 Å². The van der Waals surface area contributed by atoms with Crippen LogP contribution < -0.4 is 0 Å². The van der Waals surface area contributed by atoms with Crippen LogP contribution in [0.5, 0.6) is 0 Å². The van der Waals surface area contributed by atoms with Gasteiger partial charge < -0.3 is 14.4 Å².